The summed E-state index contributed by atoms with van der Waals surface area (Å²) in [5.74, 6) is -1.96. The van der Waals surface area contributed by atoms with Crippen LogP contribution in [0.25, 0.3) is 0 Å². The predicted octanol–water partition coefficient (Wildman–Crippen LogP) is 0.797. The van der Waals surface area contributed by atoms with Crippen LogP contribution in [0.2, 0.25) is 0 Å². The van der Waals surface area contributed by atoms with E-state index in [9.17, 15) is 22.0 Å². The molecular weight excluding hydrogens is 352 g/mol. The normalized spacial score (nSPS) is 22.8. The predicted molar refractivity (Wildman–Crippen MR) is 87.3 cm³/mol. The van der Waals surface area contributed by atoms with Crippen LogP contribution in [0.1, 0.15) is 12.8 Å². The van der Waals surface area contributed by atoms with Crippen molar-refractivity contribution in [1.29, 1.82) is 0 Å². The maximum Gasteiger partial charge on any atom is 0.246 e. The molecule has 1 N–H and O–H groups in total. The number of amides is 1. The summed E-state index contributed by atoms with van der Waals surface area (Å²) in [5.41, 5.74) is 0. The highest BCUT2D eigenvalue weighted by Crippen LogP contribution is 2.22. The number of nitrogens with one attached hydrogen (secondary N) is 1. The number of sulfonamides is 1. The Kier molecular flexibility index (Phi) is 5.35. The van der Waals surface area contributed by atoms with Crippen molar-refractivity contribution < 1.29 is 22.0 Å². The minimum atomic E-state index is -4.04. The Hall–Kier alpha value is -1.58. The Labute approximate surface area is 145 Å². The fourth-order valence-electron chi connectivity index (χ4n) is 3.29. The number of piperazine rings is 1. The van der Waals surface area contributed by atoms with Gasteiger partial charge in [0, 0.05) is 38.8 Å². The molecule has 138 valence electrons. The molecule has 1 unspecified atom stereocenters. The molecule has 1 atom stereocenters. The van der Waals surface area contributed by atoms with Gasteiger partial charge in [-0.25, -0.2) is 17.2 Å². The van der Waals surface area contributed by atoms with E-state index < -0.39 is 26.6 Å². The average molecular weight is 373 g/mol. The number of carbonyl (C=O) groups is 1. The molecule has 3 rings (SSSR count). The van der Waals surface area contributed by atoms with Gasteiger partial charge in [-0.3, -0.25) is 4.79 Å². The zero-order valence-corrected chi connectivity index (χ0v) is 14.6. The summed E-state index contributed by atoms with van der Waals surface area (Å²) in [6, 6.07) is 2.42. The number of benzene rings is 1. The van der Waals surface area contributed by atoms with E-state index in [0.717, 1.165) is 35.8 Å². The lowest BCUT2D eigenvalue weighted by Gasteiger charge is -2.36. The number of piperidine rings is 1. The zero-order chi connectivity index (χ0) is 18.0. The standard InChI is InChI=1S/C16H21F2N3O3S/c17-13-3-4-15(14(18)10-13)25(23,24)21-8-6-20(7-9-21)16(22)12-2-1-5-19-11-12/h3-4,10,12,19H,1-2,5-9,11H2. The van der Waals surface area contributed by atoms with Crippen LogP contribution in [0.3, 0.4) is 0 Å². The number of carbonyl (C=O) groups excluding carboxylic acids is 1. The molecule has 2 saturated heterocycles. The number of nitrogens with zero attached hydrogens (tertiary/aromatic N) is 2. The number of rotatable bonds is 3. The molecule has 1 amide bonds. The summed E-state index contributed by atoms with van der Waals surface area (Å²) in [6.45, 7) is 2.32. The summed E-state index contributed by atoms with van der Waals surface area (Å²) >= 11 is 0. The lowest BCUT2D eigenvalue weighted by atomic mass is 9.98. The molecule has 0 aliphatic carbocycles. The van der Waals surface area contributed by atoms with E-state index >= 15 is 0 Å². The quantitative estimate of drug-likeness (QED) is 0.851. The fraction of sp³-hybridized carbons (Fsp3) is 0.562. The number of hydrogen-bond acceptors (Lipinski definition) is 4. The van der Waals surface area contributed by atoms with Crippen molar-refractivity contribution >= 4 is 15.9 Å². The van der Waals surface area contributed by atoms with Gasteiger partial charge in [-0.05, 0) is 31.5 Å². The maximum absolute atomic E-state index is 13.8. The topological polar surface area (TPSA) is 69.7 Å². The van der Waals surface area contributed by atoms with E-state index in [1.54, 1.807) is 4.90 Å². The van der Waals surface area contributed by atoms with Crippen LogP contribution in [0.5, 0.6) is 0 Å². The molecule has 2 aliphatic heterocycles. The van der Waals surface area contributed by atoms with Crippen LogP contribution in [0, 0.1) is 17.6 Å². The van der Waals surface area contributed by atoms with Crippen molar-refractivity contribution in [2.45, 2.75) is 17.7 Å². The molecule has 6 nitrogen and oxygen atoms in total. The minimum absolute atomic E-state index is 0.0391. The van der Waals surface area contributed by atoms with E-state index in [1.807, 2.05) is 0 Å². The summed E-state index contributed by atoms with van der Waals surface area (Å²) in [7, 11) is -4.04. The monoisotopic (exact) mass is 373 g/mol. The molecule has 0 aromatic heterocycles. The van der Waals surface area contributed by atoms with Gasteiger partial charge in [-0.15, -0.1) is 0 Å². The first-order valence-corrected chi connectivity index (χ1v) is 9.78. The van der Waals surface area contributed by atoms with Gasteiger partial charge in [0.25, 0.3) is 0 Å². The van der Waals surface area contributed by atoms with Crippen molar-refractivity contribution in [2.75, 3.05) is 39.3 Å². The third-order valence-electron chi connectivity index (χ3n) is 4.71. The number of halogens is 2. The Morgan fingerprint density at radius 1 is 1.16 bits per heavy atom. The molecule has 2 fully saturated rings. The van der Waals surface area contributed by atoms with Crippen LogP contribution in [0.15, 0.2) is 23.1 Å². The van der Waals surface area contributed by atoms with Crippen molar-refractivity contribution in [3.05, 3.63) is 29.8 Å². The summed E-state index contributed by atoms with van der Waals surface area (Å²) in [4.78, 5) is 13.6. The third-order valence-corrected chi connectivity index (χ3v) is 6.64. The fourth-order valence-corrected chi connectivity index (χ4v) is 4.76. The second kappa shape index (κ2) is 7.35. The Morgan fingerprint density at radius 2 is 1.88 bits per heavy atom. The summed E-state index contributed by atoms with van der Waals surface area (Å²) in [6.07, 6.45) is 1.79. The van der Waals surface area contributed by atoms with Crippen molar-refractivity contribution in [1.82, 2.24) is 14.5 Å². The molecule has 0 radical (unpaired) electrons. The number of hydrogen-bond donors (Lipinski definition) is 1. The molecular formula is C16H21F2N3O3S. The summed E-state index contributed by atoms with van der Waals surface area (Å²) in [5, 5.41) is 3.19. The maximum atomic E-state index is 13.8. The van der Waals surface area contributed by atoms with Gasteiger partial charge in [0.05, 0.1) is 5.92 Å². The van der Waals surface area contributed by atoms with Gasteiger partial charge in [0.1, 0.15) is 16.5 Å². The molecule has 25 heavy (non-hydrogen) atoms. The van der Waals surface area contributed by atoms with E-state index in [-0.39, 0.29) is 38.0 Å². The van der Waals surface area contributed by atoms with Gasteiger partial charge in [-0.1, -0.05) is 0 Å². The van der Waals surface area contributed by atoms with E-state index in [2.05, 4.69) is 5.32 Å². The Bertz CT molecular complexity index is 743. The van der Waals surface area contributed by atoms with Crippen molar-refractivity contribution in [2.24, 2.45) is 5.92 Å². The molecule has 1 aromatic rings. The van der Waals surface area contributed by atoms with Gasteiger partial charge >= 0.3 is 0 Å². The largest absolute Gasteiger partial charge is 0.340 e. The second-order valence-corrected chi connectivity index (χ2v) is 8.25. The van der Waals surface area contributed by atoms with Crippen LogP contribution in [-0.2, 0) is 14.8 Å². The van der Waals surface area contributed by atoms with Crippen LogP contribution < -0.4 is 5.32 Å². The molecule has 0 bridgehead atoms. The van der Waals surface area contributed by atoms with E-state index in [0.29, 0.717) is 12.6 Å². The van der Waals surface area contributed by atoms with Gasteiger partial charge in [0.15, 0.2) is 0 Å². The Balaban J connectivity index is 1.66. The lowest BCUT2D eigenvalue weighted by Crippen LogP contribution is -2.53. The van der Waals surface area contributed by atoms with Gasteiger partial charge in [-0.2, -0.15) is 4.31 Å². The first-order valence-electron chi connectivity index (χ1n) is 8.34. The van der Waals surface area contributed by atoms with Crippen molar-refractivity contribution in [3.63, 3.8) is 0 Å². The minimum Gasteiger partial charge on any atom is -0.340 e. The SMILES string of the molecule is O=C(C1CCCNC1)N1CCN(S(=O)(=O)c2ccc(F)cc2F)CC1. The van der Waals surface area contributed by atoms with Crippen molar-refractivity contribution in [3.8, 4) is 0 Å². The smallest absolute Gasteiger partial charge is 0.246 e. The molecule has 0 saturated carbocycles. The highest BCUT2D eigenvalue weighted by molar-refractivity contribution is 7.89. The molecule has 2 aliphatic rings. The zero-order valence-electron chi connectivity index (χ0n) is 13.7. The highest BCUT2D eigenvalue weighted by atomic mass is 32.2. The van der Waals surface area contributed by atoms with E-state index in [4.69, 9.17) is 0 Å². The van der Waals surface area contributed by atoms with Crippen LogP contribution in [-0.4, -0.2) is 62.8 Å². The highest BCUT2D eigenvalue weighted by Gasteiger charge is 2.34. The Morgan fingerprint density at radius 3 is 2.48 bits per heavy atom. The molecule has 9 heteroatoms. The second-order valence-electron chi connectivity index (χ2n) is 6.35. The van der Waals surface area contributed by atoms with Gasteiger partial charge < -0.3 is 10.2 Å². The third kappa shape index (κ3) is 3.83. The van der Waals surface area contributed by atoms with Gasteiger partial charge in [0.2, 0.25) is 15.9 Å². The van der Waals surface area contributed by atoms with E-state index in [1.165, 1.54) is 0 Å². The van der Waals surface area contributed by atoms with Crippen LogP contribution in [0.4, 0.5) is 8.78 Å². The first kappa shape index (κ1) is 18.2. The van der Waals surface area contributed by atoms with Crippen LogP contribution >= 0.6 is 0 Å². The molecule has 1 aromatic carbocycles. The lowest BCUT2D eigenvalue weighted by molar-refractivity contribution is -0.137. The average Bonchev–Trinajstić information content (AvgIpc) is 2.61. The molecule has 0 spiro atoms. The molecule has 2 heterocycles. The summed E-state index contributed by atoms with van der Waals surface area (Å²) < 4.78 is 53.1. The first-order chi connectivity index (χ1) is 11.9.